The molecule has 2 heterocycles. The van der Waals surface area contributed by atoms with Crippen LogP contribution in [0.15, 0.2) is 0 Å². The fraction of sp³-hybridized carbons (Fsp3) is 0.545. The van der Waals surface area contributed by atoms with Gasteiger partial charge in [-0.25, -0.2) is 4.98 Å². The SMILES string of the molecule is CC(=O)c1nc(Cl)nc(N2CCOCC2CO)c1Cl. The summed E-state index contributed by atoms with van der Waals surface area (Å²) in [6, 6.07) is -0.267. The molecule has 1 aliphatic heterocycles. The van der Waals surface area contributed by atoms with E-state index < -0.39 is 0 Å². The Morgan fingerprint density at radius 1 is 1.53 bits per heavy atom. The number of aromatic nitrogens is 2. The van der Waals surface area contributed by atoms with Crippen LogP contribution >= 0.6 is 23.2 Å². The second kappa shape index (κ2) is 6.00. The van der Waals surface area contributed by atoms with E-state index in [2.05, 4.69) is 9.97 Å². The third-order valence-corrected chi connectivity index (χ3v) is 3.37. The van der Waals surface area contributed by atoms with E-state index in [0.29, 0.717) is 25.6 Å². The highest BCUT2D eigenvalue weighted by Crippen LogP contribution is 2.30. The zero-order valence-electron chi connectivity index (χ0n) is 10.3. The Kier molecular flexibility index (Phi) is 4.57. The third kappa shape index (κ3) is 2.97. The van der Waals surface area contributed by atoms with Gasteiger partial charge in [0.25, 0.3) is 0 Å². The second-order valence-electron chi connectivity index (χ2n) is 4.14. The number of morpholine rings is 1. The average Bonchev–Trinajstić information content (AvgIpc) is 2.40. The Balaban J connectivity index is 2.45. The predicted octanol–water partition coefficient (Wildman–Crippen LogP) is 1.18. The molecule has 1 aromatic rings. The normalized spacial score (nSPS) is 19.6. The molecule has 19 heavy (non-hydrogen) atoms. The van der Waals surface area contributed by atoms with Crippen LogP contribution in [0.5, 0.6) is 0 Å². The molecule has 1 N–H and O–H groups in total. The zero-order valence-corrected chi connectivity index (χ0v) is 11.8. The molecule has 6 nitrogen and oxygen atoms in total. The lowest BCUT2D eigenvalue weighted by molar-refractivity contribution is 0.0723. The van der Waals surface area contributed by atoms with Gasteiger partial charge in [-0.15, -0.1) is 0 Å². The summed E-state index contributed by atoms with van der Waals surface area (Å²) in [7, 11) is 0. The van der Waals surface area contributed by atoms with Crippen molar-refractivity contribution in [2.24, 2.45) is 0 Å². The lowest BCUT2D eigenvalue weighted by Gasteiger charge is -2.35. The minimum atomic E-state index is -0.288. The van der Waals surface area contributed by atoms with Crippen LogP contribution < -0.4 is 4.90 Å². The maximum absolute atomic E-state index is 11.5. The molecular weight excluding hydrogens is 293 g/mol. The summed E-state index contributed by atoms with van der Waals surface area (Å²) in [4.78, 5) is 21.2. The fourth-order valence-electron chi connectivity index (χ4n) is 1.92. The summed E-state index contributed by atoms with van der Waals surface area (Å²) in [5, 5.41) is 9.46. The minimum Gasteiger partial charge on any atom is -0.394 e. The molecule has 0 saturated carbocycles. The smallest absolute Gasteiger partial charge is 0.225 e. The van der Waals surface area contributed by atoms with E-state index in [1.165, 1.54) is 6.92 Å². The number of carbonyl (C=O) groups excluding carboxylic acids is 1. The number of halogens is 2. The van der Waals surface area contributed by atoms with E-state index in [1.807, 2.05) is 0 Å². The first-order valence-corrected chi connectivity index (χ1v) is 6.49. The first-order valence-electron chi connectivity index (χ1n) is 5.73. The Bertz CT molecular complexity index is 498. The van der Waals surface area contributed by atoms with E-state index in [0.717, 1.165) is 0 Å². The highest BCUT2D eigenvalue weighted by molar-refractivity contribution is 6.36. The highest BCUT2D eigenvalue weighted by Gasteiger charge is 2.28. The van der Waals surface area contributed by atoms with Gasteiger partial charge in [-0.05, 0) is 11.6 Å². The van der Waals surface area contributed by atoms with Crippen molar-refractivity contribution in [1.29, 1.82) is 0 Å². The Hall–Kier alpha value is -0.950. The van der Waals surface area contributed by atoms with E-state index in [4.69, 9.17) is 27.9 Å². The third-order valence-electron chi connectivity index (χ3n) is 2.85. The quantitative estimate of drug-likeness (QED) is 0.668. The van der Waals surface area contributed by atoms with Gasteiger partial charge in [-0.3, -0.25) is 4.79 Å². The number of hydrogen-bond acceptors (Lipinski definition) is 6. The number of nitrogens with zero attached hydrogens (tertiary/aromatic N) is 3. The topological polar surface area (TPSA) is 75.6 Å². The monoisotopic (exact) mass is 305 g/mol. The number of rotatable bonds is 3. The van der Waals surface area contributed by atoms with Gasteiger partial charge in [0.2, 0.25) is 5.28 Å². The summed E-state index contributed by atoms with van der Waals surface area (Å²) in [5.74, 6) is 0.0681. The van der Waals surface area contributed by atoms with Gasteiger partial charge in [0.05, 0.1) is 25.9 Å². The Labute approximate surface area is 120 Å². The van der Waals surface area contributed by atoms with Crippen molar-refractivity contribution in [1.82, 2.24) is 9.97 Å². The van der Waals surface area contributed by atoms with Crippen LogP contribution in [0, 0.1) is 0 Å². The zero-order chi connectivity index (χ0) is 14.0. The van der Waals surface area contributed by atoms with Gasteiger partial charge in [0, 0.05) is 13.5 Å². The Morgan fingerprint density at radius 2 is 2.26 bits per heavy atom. The molecule has 1 fully saturated rings. The number of ether oxygens (including phenoxy) is 1. The molecule has 0 aromatic carbocycles. The molecule has 0 radical (unpaired) electrons. The summed E-state index contributed by atoms with van der Waals surface area (Å²) in [6.07, 6.45) is 0. The van der Waals surface area contributed by atoms with Crippen molar-refractivity contribution < 1.29 is 14.6 Å². The van der Waals surface area contributed by atoms with Gasteiger partial charge >= 0.3 is 0 Å². The fourth-order valence-corrected chi connectivity index (χ4v) is 2.41. The van der Waals surface area contributed by atoms with Gasteiger partial charge in [-0.1, -0.05) is 11.6 Å². The Morgan fingerprint density at radius 3 is 2.89 bits per heavy atom. The highest BCUT2D eigenvalue weighted by atomic mass is 35.5. The molecule has 0 aliphatic carbocycles. The van der Waals surface area contributed by atoms with Crippen LogP contribution in [0.1, 0.15) is 17.4 Å². The van der Waals surface area contributed by atoms with Crippen molar-refractivity contribution in [3.63, 3.8) is 0 Å². The molecule has 1 aliphatic rings. The van der Waals surface area contributed by atoms with E-state index in [-0.39, 0.29) is 34.4 Å². The summed E-state index contributed by atoms with van der Waals surface area (Å²) < 4.78 is 5.28. The van der Waals surface area contributed by atoms with Crippen LogP contribution in [0.3, 0.4) is 0 Å². The molecule has 104 valence electrons. The molecule has 1 atom stereocenters. The second-order valence-corrected chi connectivity index (χ2v) is 4.86. The van der Waals surface area contributed by atoms with Crippen molar-refractivity contribution in [2.45, 2.75) is 13.0 Å². The van der Waals surface area contributed by atoms with E-state index >= 15 is 0 Å². The van der Waals surface area contributed by atoms with Crippen LogP contribution in [0.25, 0.3) is 0 Å². The predicted molar refractivity (Wildman–Crippen MR) is 71.1 cm³/mol. The number of aliphatic hydroxyl groups excluding tert-OH is 1. The van der Waals surface area contributed by atoms with Crippen LogP contribution in [-0.4, -0.2) is 53.3 Å². The van der Waals surface area contributed by atoms with Gasteiger partial charge in [0.1, 0.15) is 10.7 Å². The molecular formula is C11H13Cl2N3O3. The van der Waals surface area contributed by atoms with Gasteiger partial charge in [0.15, 0.2) is 11.6 Å². The standard InChI is InChI=1S/C11H13Cl2N3O3/c1-6(18)9-8(12)10(15-11(13)14-9)16-2-3-19-5-7(16)4-17/h7,17H,2-5H2,1H3. The van der Waals surface area contributed by atoms with Crippen molar-refractivity contribution in [3.8, 4) is 0 Å². The molecule has 2 rings (SSSR count). The first kappa shape index (κ1) is 14.5. The maximum atomic E-state index is 11.5. The average molecular weight is 306 g/mol. The number of Topliss-reactive ketones (excluding diaryl/α,β-unsaturated/α-hetero) is 1. The van der Waals surface area contributed by atoms with Crippen LogP contribution in [0.2, 0.25) is 10.3 Å². The number of hydrogen-bond donors (Lipinski definition) is 1. The minimum absolute atomic E-state index is 0.0484. The van der Waals surface area contributed by atoms with Crippen molar-refractivity contribution in [2.75, 3.05) is 31.3 Å². The molecule has 1 aromatic heterocycles. The number of aliphatic hydroxyl groups is 1. The van der Waals surface area contributed by atoms with Crippen LogP contribution in [0.4, 0.5) is 5.82 Å². The van der Waals surface area contributed by atoms with E-state index in [1.54, 1.807) is 4.90 Å². The van der Waals surface area contributed by atoms with Crippen molar-refractivity contribution >= 4 is 34.8 Å². The molecule has 1 saturated heterocycles. The number of carbonyl (C=O) groups is 1. The van der Waals surface area contributed by atoms with Gasteiger partial charge in [-0.2, -0.15) is 4.98 Å². The first-order chi connectivity index (χ1) is 9.04. The maximum Gasteiger partial charge on any atom is 0.225 e. The largest absolute Gasteiger partial charge is 0.394 e. The summed E-state index contributed by atoms with van der Waals surface area (Å²) in [6.45, 7) is 2.62. The number of anilines is 1. The summed E-state index contributed by atoms with van der Waals surface area (Å²) >= 11 is 12.0. The van der Waals surface area contributed by atoms with Crippen molar-refractivity contribution in [3.05, 3.63) is 16.0 Å². The molecule has 0 amide bonds. The lowest BCUT2D eigenvalue weighted by Crippen LogP contribution is -2.48. The summed E-state index contributed by atoms with van der Waals surface area (Å²) in [5.41, 5.74) is 0.0832. The molecule has 1 unspecified atom stereocenters. The molecule has 8 heteroatoms. The van der Waals surface area contributed by atoms with Crippen LogP contribution in [-0.2, 0) is 4.74 Å². The van der Waals surface area contributed by atoms with E-state index in [9.17, 15) is 9.90 Å². The number of ketones is 1. The molecule has 0 spiro atoms. The lowest BCUT2D eigenvalue weighted by atomic mass is 10.2. The van der Waals surface area contributed by atoms with Gasteiger partial charge < -0.3 is 14.7 Å². The molecule has 0 bridgehead atoms.